The third-order valence-corrected chi connectivity index (χ3v) is 3.38. The number of rotatable bonds is 7. The first kappa shape index (κ1) is 12.9. The fourth-order valence-corrected chi connectivity index (χ4v) is 2.28. The van der Waals surface area contributed by atoms with Gasteiger partial charge in [-0.3, -0.25) is 0 Å². The van der Waals surface area contributed by atoms with Crippen LogP contribution >= 0.6 is 0 Å². The molecular weight excluding hydrogens is 188 g/mol. The molecule has 0 aromatic rings. The van der Waals surface area contributed by atoms with E-state index in [0.717, 1.165) is 25.5 Å². The molecule has 0 bridgehead atoms. The molecule has 1 aliphatic heterocycles. The molecule has 1 rings (SSSR count). The van der Waals surface area contributed by atoms with Crippen LogP contribution in [0.4, 0.5) is 0 Å². The topological polar surface area (TPSA) is 38.5 Å². The summed E-state index contributed by atoms with van der Waals surface area (Å²) in [6.07, 6.45) is 4.04. The van der Waals surface area contributed by atoms with E-state index in [2.05, 4.69) is 11.8 Å². The lowest BCUT2D eigenvalue weighted by Gasteiger charge is -2.20. The highest BCUT2D eigenvalue weighted by molar-refractivity contribution is 4.75. The fraction of sp³-hybridized carbons (Fsp3) is 1.00. The molecule has 1 fully saturated rings. The molecule has 1 saturated heterocycles. The SMILES string of the molecule is CCOC(CN)CCN1CCC(CC)C1. The predicted octanol–water partition coefficient (Wildman–Crippen LogP) is 1.47. The van der Waals surface area contributed by atoms with E-state index in [-0.39, 0.29) is 6.10 Å². The number of hydrogen-bond acceptors (Lipinski definition) is 3. The van der Waals surface area contributed by atoms with Crippen LogP contribution in [-0.2, 0) is 4.74 Å². The van der Waals surface area contributed by atoms with Gasteiger partial charge in [-0.15, -0.1) is 0 Å². The van der Waals surface area contributed by atoms with Crippen LogP contribution in [0.2, 0.25) is 0 Å². The van der Waals surface area contributed by atoms with E-state index in [4.69, 9.17) is 10.5 Å². The van der Waals surface area contributed by atoms with Gasteiger partial charge < -0.3 is 15.4 Å². The summed E-state index contributed by atoms with van der Waals surface area (Å²) in [5.41, 5.74) is 5.65. The molecule has 0 spiro atoms. The Kier molecular flexibility index (Phi) is 6.22. The molecule has 90 valence electrons. The van der Waals surface area contributed by atoms with Crippen LogP contribution < -0.4 is 5.73 Å². The maximum absolute atomic E-state index is 5.65. The van der Waals surface area contributed by atoms with E-state index in [1.165, 1.54) is 25.9 Å². The summed E-state index contributed by atoms with van der Waals surface area (Å²) in [6.45, 7) is 9.45. The third-order valence-electron chi connectivity index (χ3n) is 3.38. The minimum absolute atomic E-state index is 0.260. The van der Waals surface area contributed by atoms with Crippen molar-refractivity contribution in [2.24, 2.45) is 11.7 Å². The number of nitrogens with two attached hydrogens (primary N) is 1. The molecular formula is C12H26N2O. The Morgan fingerprint density at radius 1 is 1.47 bits per heavy atom. The van der Waals surface area contributed by atoms with E-state index < -0.39 is 0 Å². The molecule has 0 aliphatic carbocycles. The van der Waals surface area contributed by atoms with E-state index in [0.29, 0.717) is 6.54 Å². The second-order valence-electron chi connectivity index (χ2n) is 4.47. The third kappa shape index (κ3) is 4.49. The zero-order chi connectivity index (χ0) is 11.1. The molecule has 15 heavy (non-hydrogen) atoms. The van der Waals surface area contributed by atoms with Gasteiger partial charge >= 0.3 is 0 Å². The minimum atomic E-state index is 0.260. The van der Waals surface area contributed by atoms with E-state index in [9.17, 15) is 0 Å². The number of hydrogen-bond donors (Lipinski definition) is 1. The first-order valence-electron chi connectivity index (χ1n) is 6.34. The monoisotopic (exact) mass is 214 g/mol. The van der Waals surface area contributed by atoms with Crippen molar-refractivity contribution in [3.05, 3.63) is 0 Å². The van der Waals surface area contributed by atoms with Crippen molar-refractivity contribution in [1.82, 2.24) is 4.90 Å². The summed E-state index contributed by atoms with van der Waals surface area (Å²) in [6, 6.07) is 0. The second kappa shape index (κ2) is 7.20. The van der Waals surface area contributed by atoms with Crippen molar-refractivity contribution in [1.29, 1.82) is 0 Å². The molecule has 3 nitrogen and oxygen atoms in total. The van der Waals surface area contributed by atoms with Crippen LogP contribution in [-0.4, -0.2) is 43.8 Å². The standard InChI is InChI=1S/C12H26N2O/c1-3-11-5-7-14(10-11)8-6-12(9-13)15-4-2/h11-12H,3-10,13H2,1-2H3. The predicted molar refractivity (Wildman–Crippen MR) is 63.9 cm³/mol. The molecule has 2 unspecified atom stereocenters. The van der Waals surface area contributed by atoms with E-state index in [1.807, 2.05) is 6.92 Å². The lowest BCUT2D eigenvalue weighted by Crippen LogP contribution is -2.30. The Morgan fingerprint density at radius 2 is 2.27 bits per heavy atom. The summed E-state index contributed by atoms with van der Waals surface area (Å²) >= 11 is 0. The van der Waals surface area contributed by atoms with Gasteiger partial charge in [-0.1, -0.05) is 13.3 Å². The number of likely N-dealkylation sites (tertiary alicyclic amines) is 1. The Hall–Kier alpha value is -0.120. The minimum Gasteiger partial charge on any atom is -0.377 e. The molecule has 0 saturated carbocycles. The zero-order valence-corrected chi connectivity index (χ0v) is 10.2. The van der Waals surface area contributed by atoms with Crippen LogP contribution in [0, 0.1) is 5.92 Å². The average Bonchev–Trinajstić information content (AvgIpc) is 2.72. The van der Waals surface area contributed by atoms with Crippen molar-refractivity contribution in [3.8, 4) is 0 Å². The van der Waals surface area contributed by atoms with Gasteiger partial charge in [-0.2, -0.15) is 0 Å². The van der Waals surface area contributed by atoms with Gasteiger partial charge in [0.25, 0.3) is 0 Å². The van der Waals surface area contributed by atoms with Crippen molar-refractivity contribution in [3.63, 3.8) is 0 Å². The molecule has 0 aromatic carbocycles. The molecule has 1 heterocycles. The average molecular weight is 214 g/mol. The quantitative estimate of drug-likeness (QED) is 0.697. The smallest absolute Gasteiger partial charge is 0.0709 e. The summed E-state index contributed by atoms with van der Waals surface area (Å²) < 4.78 is 5.55. The van der Waals surface area contributed by atoms with Crippen LogP contribution in [0.3, 0.4) is 0 Å². The van der Waals surface area contributed by atoms with Crippen LogP contribution in [0.25, 0.3) is 0 Å². The van der Waals surface area contributed by atoms with Gasteiger partial charge in [0, 0.05) is 26.2 Å². The maximum atomic E-state index is 5.65. The van der Waals surface area contributed by atoms with Crippen molar-refractivity contribution in [2.75, 3.05) is 32.8 Å². The van der Waals surface area contributed by atoms with Crippen LogP contribution in [0.1, 0.15) is 33.1 Å². The van der Waals surface area contributed by atoms with Crippen molar-refractivity contribution < 1.29 is 4.74 Å². The molecule has 2 N–H and O–H groups in total. The highest BCUT2D eigenvalue weighted by Gasteiger charge is 2.21. The van der Waals surface area contributed by atoms with Gasteiger partial charge in [-0.05, 0) is 32.2 Å². The molecule has 0 aromatic heterocycles. The summed E-state index contributed by atoms with van der Waals surface area (Å²) in [5.74, 6) is 0.924. The largest absolute Gasteiger partial charge is 0.377 e. The zero-order valence-electron chi connectivity index (χ0n) is 10.2. The Balaban J connectivity index is 2.13. The normalized spacial score (nSPS) is 24.6. The molecule has 2 atom stereocenters. The number of ether oxygens (including phenoxy) is 1. The molecule has 0 amide bonds. The van der Waals surface area contributed by atoms with Crippen LogP contribution in [0.5, 0.6) is 0 Å². The maximum Gasteiger partial charge on any atom is 0.0709 e. The van der Waals surface area contributed by atoms with Crippen molar-refractivity contribution in [2.45, 2.75) is 39.2 Å². The molecule has 3 heteroatoms. The van der Waals surface area contributed by atoms with Crippen LogP contribution in [0.15, 0.2) is 0 Å². The first-order chi connectivity index (χ1) is 7.30. The van der Waals surface area contributed by atoms with Gasteiger partial charge in [0.1, 0.15) is 0 Å². The summed E-state index contributed by atoms with van der Waals surface area (Å²) in [7, 11) is 0. The number of nitrogens with zero attached hydrogens (tertiary/aromatic N) is 1. The summed E-state index contributed by atoms with van der Waals surface area (Å²) in [5, 5.41) is 0. The van der Waals surface area contributed by atoms with E-state index >= 15 is 0 Å². The highest BCUT2D eigenvalue weighted by Crippen LogP contribution is 2.19. The van der Waals surface area contributed by atoms with E-state index in [1.54, 1.807) is 0 Å². The lowest BCUT2D eigenvalue weighted by atomic mass is 10.1. The summed E-state index contributed by atoms with van der Waals surface area (Å²) in [4.78, 5) is 2.55. The van der Waals surface area contributed by atoms with Crippen molar-refractivity contribution >= 4 is 0 Å². The molecule has 1 aliphatic rings. The Morgan fingerprint density at radius 3 is 2.80 bits per heavy atom. The van der Waals surface area contributed by atoms with Gasteiger partial charge in [0.15, 0.2) is 0 Å². The van der Waals surface area contributed by atoms with Gasteiger partial charge in [0.2, 0.25) is 0 Å². The second-order valence-corrected chi connectivity index (χ2v) is 4.47. The fourth-order valence-electron chi connectivity index (χ4n) is 2.28. The first-order valence-corrected chi connectivity index (χ1v) is 6.34. The van der Waals surface area contributed by atoms with Gasteiger partial charge in [0.05, 0.1) is 6.10 Å². The Bertz CT molecular complexity index is 164. The van der Waals surface area contributed by atoms with Gasteiger partial charge in [-0.25, -0.2) is 0 Å². The highest BCUT2D eigenvalue weighted by atomic mass is 16.5. The Labute approximate surface area is 94.0 Å². The lowest BCUT2D eigenvalue weighted by molar-refractivity contribution is 0.0559. The molecule has 0 radical (unpaired) electrons.